The fourth-order valence-electron chi connectivity index (χ4n) is 1.87. The van der Waals surface area contributed by atoms with E-state index in [0.29, 0.717) is 0 Å². The second-order valence-electron chi connectivity index (χ2n) is 4.73. The van der Waals surface area contributed by atoms with Gasteiger partial charge in [-0.3, -0.25) is 4.79 Å². The van der Waals surface area contributed by atoms with Gasteiger partial charge in [0.15, 0.2) is 5.78 Å². The predicted molar refractivity (Wildman–Crippen MR) is 71.4 cm³/mol. The average Bonchev–Trinajstić information content (AvgIpc) is 2.37. The van der Waals surface area contributed by atoms with E-state index in [1.54, 1.807) is 0 Å². The molecule has 0 spiro atoms. The third kappa shape index (κ3) is 2.08. The van der Waals surface area contributed by atoms with Crippen molar-refractivity contribution in [2.24, 2.45) is 0 Å². The smallest absolute Gasteiger partial charge is 0.182 e. The van der Waals surface area contributed by atoms with Crippen molar-refractivity contribution in [3.63, 3.8) is 0 Å². The monoisotopic (exact) mass is 227 g/mol. The highest BCUT2D eigenvalue weighted by molar-refractivity contribution is 6.12. The molecular weight excluding hydrogens is 210 g/mol. The van der Waals surface area contributed by atoms with Gasteiger partial charge in [-0.2, -0.15) is 0 Å². The molecule has 0 aliphatic carbocycles. The van der Waals surface area contributed by atoms with Crippen LogP contribution in [0, 0.1) is 0 Å². The third-order valence-corrected chi connectivity index (χ3v) is 3.23. The van der Waals surface area contributed by atoms with E-state index in [4.69, 9.17) is 0 Å². The van der Waals surface area contributed by atoms with Gasteiger partial charge in [-0.15, -0.1) is 0 Å². The Morgan fingerprint density at radius 1 is 1.06 bits per heavy atom. The fourth-order valence-corrected chi connectivity index (χ4v) is 1.87. The number of nitrogens with one attached hydrogen (secondary N) is 1. The summed E-state index contributed by atoms with van der Waals surface area (Å²) in [6.45, 7) is 3.80. The molecule has 0 heterocycles. The molecule has 2 heteroatoms. The lowest BCUT2D eigenvalue weighted by Gasteiger charge is -2.23. The number of ketones is 1. The van der Waals surface area contributed by atoms with Crippen molar-refractivity contribution in [3.8, 4) is 0 Å². The maximum Gasteiger partial charge on any atom is 0.182 e. The quantitative estimate of drug-likeness (QED) is 0.817. The minimum Gasteiger partial charge on any atom is -0.308 e. The normalized spacial score (nSPS) is 11.7. The maximum absolute atomic E-state index is 12.4. The summed E-state index contributed by atoms with van der Waals surface area (Å²) in [6.07, 6.45) is 0. The Hall–Kier alpha value is -1.67. The molecule has 0 radical (unpaired) electrons. The topological polar surface area (TPSA) is 29.1 Å². The number of hydrogen-bond acceptors (Lipinski definition) is 2. The molecule has 0 amide bonds. The van der Waals surface area contributed by atoms with Crippen molar-refractivity contribution in [1.29, 1.82) is 0 Å². The minimum absolute atomic E-state index is 0.122. The van der Waals surface area contributed by atoms with Crippen LogP contribution in [0.2, 0.25) is 0 Å². The van der Waals surface area contributed by atoms with Crippen molar-refractivity contribution >= 4 is 16.6 Å². The van der Waals surface area contributed by atoms with Crippen LogP contribution in [0.4, 0.5) is 0 Å². The number of rotatable bonds is 3. The van der Waals surface area contributed by atoms with Crippen LogP contribution in [0.5, 0.6) is 0 Å². The van der Waals surface area contributed by atoms with E-state index >= 15 is 0 Å². The van der Waals surface area contributed by atoms with Crippen molar-refractivity contribution in [3.05, 3.63) is 48.0 Å². The lowest BCUT2D eigenvalue weighted by molar-refractivity contribution is 0.0891. The van der Waals surface area contributed by atoms with E-state index in [9.17, 15) is 4.79 Å². The summed E-state index contributed by atoms with van der Waals surface area (Å²) in [4.78, 5) is 12.4. The highest BCUT2D eigenvalue weighted by atomic mass is 16.1. The average molecular weight is 227 g/mol. The van der Waals surface area contributed by atoms with E-state index in [-0.39, 0.29) is 5.78 Å². The van der Waals surface area contributed by atoms with Crippen LogP contribution >= 0.6 is 0 Å². The van der Waals surface area contributed by atoms with Crippen LogP contribution in [0.3, 0.4) is 0 Å². The maximum atomic E-state index is 12.4. The van der Waals surface area contributed by atoms with Gasteiger partial charge >= 0.3 is 0 Å². The molecule has 0 fully saturated rings. The lowest BCUT2D eigenvalue weighted by Crippen LogP contribution is -2.44. The van der Waals surface area contributed by atoms with Crippen molar-refractivity contribution in [1.82, 2.24) is 5.32 Å². The van der Waals surface area contributed by atoms with Crippen LogP contribution in [0.25, 0.3) is 10.8 Å². The highest BCUT2D eigenvalue weighted by Crippen LogP contribution is 2.22. The Bertz CT molecular complexity index is 552. The summed E-state index contributed by atoms with van der Waals surface area (Å²) in [7, 11) is 1.81. The lowest BCUT2D eigenvalue weighted by atomic mass is 9.90. The summed E-state index contributed by atoms with van der Waals surface area (Å²) in [5, 5.41) is 5.17. The van der Waals surface area contributed by atoms with Gasteiger partial charge in [0.25, 0.3) is 0 Å². The van der Waals surface area contributed by atoms with Crippen LogP contribution in [-0.2, 0) is 0 Å². The number of carbonyl (C=O) groups is 1. The van der Waals surface area contributed by atoms with Gasteiger partial charge in [-0.05, 0) is 31.7 Å². The highest BCUT2D eigenvalue weighted by Gasteiger charge is 2.27. The fraction of sp³-hybridized carbons (Fsp3) is 0.267. The molecule has 17 heavy (non-hydrogen) atoms. The van der Waals surface area contributed by atoms with Crippen LogP contribution in [0.1, 0.15) is 24.2 Å². The predicted octanol–water partition coefficient (Wildman–Crippen LogP) is 3.02. The van der Waals surface area contributed by atoms with E-state index < -0.39 is 5.54 Å². The number of fused-ring (bicyclic) bond motifs is 1. The number of likely N-dealkylation sites (N-methyl/N-ethyl adjacent to an activating group) is 1. The van der Waals surface area contributed by atoms with Gasteiger partial charge in [0.1, 0.15) is 0 Å². The summed E-state index contributed by atoms with van der Waals surface area (Å²) in [6, 6.07) is 13.8. The van der Waals surface area contributed by atoms with Crippen LogP contribution in [-0.4, -0.2) is 18.4 Å². The summed E-state index contributed by atoms with van der Waals surface area (Å²) >= 11 is 0. The zero-order valence-corrected chi connectivity index (χ0v) is 10.4. The summed E-state index contributed by atoms with van der Waals surface area (Å²) < 4.78 is 0. The Morgan fingerprint density at radius 2 is 1.71 bits per heavy atom. The zero-order chi connectivity index (χ0) is 12.5. The first kappa shape index (κ1) is 11.8. The molecule has 0 aromatic heterocycles. The van der Waals surface area contributed by atoms with Crippen molar-refractivity contribution in [2.75, 3.05) is 7.05 Å². The number of carbonyl (C=O) groups excluding carboxylic acids is 1. The SMILES string of the molecule is CNC(C)(C)C(=O)c1cccc2ccccc12. The van der Waals surface area contributed by atoms with Gasteiger partial charge in [0.2, 0.25) is 0 Å². The molecule has 0 saturated heterocycles. The summed E-state index contributed by atoms with van der Waals surface area (Å²) in [5.74, 6) is 0.122. The molecule has 0 aliphatic rings. The first-order valence-corrected chi connectivity index (χ1v) is 5.78. The Balaban J connectivity index is 2.60. The third-order valence-electron chi connectivity index (χ3n) is 3.23. The largest absolute Gasteiger partial charge is 0.308 e. The number of hydrogen-bond donors (Lipinski definition) is 1. The number of Topliss-reactive ketones (excluding diaryl/α,β-unsaturated/α-hetero) is 1. The molecule has 0 aliphatic heterocycles. The Morgan fingerprint density at radius 3 is 2.41 bits per heavy atom. The molecule has 0 atom stereocenters. The molecule has 2 rings (SSSR count). The van der Waals surface area contributed by atoms with E-state index in [0.717, 1.165) is 16.3 Å². The van der Waals surface area contributed by atoms with Gasteiger partial charge in [-0.25, -0.2) is 0 Å². The van der Waals surface area contributed by atoms with E-state index in [1.165, 1.54) is 0 Å². The van der Waals surface area contributed by atoms with Crippen molar-refractivity contribution in [2.45, 2.75) is 19.4 Å². The Labute approximate surface area is 102 Å². The van der Waals surface area contributed by atoms with Gasteiger partial charge in [0.05, 0.1) is 5.54 Å². The van der Waals surface area contributed by atoms with Gasteiger partial charge < -0.3 is 5.32 Å². The van der Waals surface area contributed by atoms with E-state index in [1.807, 2.05) is 63.4 Å². The molecule has 2 nitrogen and oxygen atoms in total. The second-order valence-corrected chi connectivity index (χ2v) is 4.73. The van der Waals surface area contributed by atoms with Crippen LogP contribution in [0.15, 0.2) is 42.5 Å². The molecule has 0 saturated carbocycles. The molecule has 1 N–H and O–H groups in total. The first-order valence-electron chi connectivity index (χ1n) is 5.78. The molecule has 0 bridgehead atoms. The van der Waals surface area contributed by atoms with Crippen molar-refractivity contribution < 1.29 is 4.79 Å². The molecule has 88 valence electrons. The molecule has 2 aromatic rings. The summed E-state index contributed by atoms with van der Waals surface area (Å²) in [5.41, 5.74) is 0.242. The molecular formula is C15H17NO. The zero-order valence-electron chi connectivity index (χ0n) is 10.4. The standard InChI is InChI=1S/C15H17NO/c1-15(2,16-3)14(17)13-10-6-8-11-7-4-5-9-12(11)13/h4-10,16H,1-3H3. The van der Waals surface area contributed by atoms with Crippen LogP contribution < -0.4 is 5.32 Å². The Kier molecular flexibility index (Phi) is 2.99. The van der Waals surface area contributed by atoms with Gasteiger partial charge in [0, 0.05) is 5.56 Å². The first-order chi connectivity index (χ1) is 8.06. The second kappa shape index (κ2) is 4.30. The number of benzene rings is 2. The van der Waals surface area contributed by atoms with Gasteiger partial charge in [-0.1, -0.05) is 42.5 Å². The van der Waals surface area contributed by atoms with E-state index in [2.05, 4.69) is 5.32 Å². The molecule has 0 unspecified atom stereocenters. The molecule has 2 aromatic carbocycles. The minimum atomic E-state index is -0.538.